The molecule has 0 saturated carbocycles. The number of rotatable bonds is 1. The maximum Gasteiger partial charge on any atom is 0.182 e. The molecule has 1 aromatic rings. The van der Waals surface area contributed by atoms with Crippen molar-refractivity contribution in [2.24, 2.45) is 0 Å². The van der Waals surface area contributed by atoms with Crippen molar-refractivity contribution in [3.63, 3.8) is 0 Å². The molecule has 0 aliphatic heterocycles. The lowest BCUT2D eigenvalue weighted by atomic mass is 10.7. The van der Waals surface area contributed by atoms with Crippen molar-refractivity contribution < 1.29 is 4.42 Å². The van der Waals surface area contributed by atoms with Crippen LogP contribution in [-0.4, -0.2) is 19.1 Å². The molecule has 3 heteroatoms. The quantitative estimate of drug-likeness (QED) is 0.536. The van der Waals surface area contributed by atoms with E-state index < -0.39 is 0 Å². The van der Waals surface area contributed by atoms with Crippen LogP contribution in [0.5, 0.6) is 0 Å². The van der Waals surface area contributed by atoms with E-state index in [-0.39, 0.29) is 0 Å². The van der Waals surface area contributed by atoms with Crippen LogP contribution in [0.1, 0.15) is 0 Å². The third kappa shape index (κ3) is 0.804. The lowest BCUT2D eigenvalue weighted by Gasteiger charge is -2.03. The molecule has 0 spiro atoms. The molecule has 0 aliphatic carbocycles. The predicted molar refractivity (Wildman–Crippen MR) is 30.8 cm³/mol. The fourth-order valence-electron chi connectivity index (χ4n) is 0.427. The van der Waals surface area contributed by atoms with Crippen molar-refractivity contribution in [3.8, 4) is 0 Å². The third-order valence-electron chi connectivity index (χ3n) is 0.877. The predicted octanol–water partition coefficient (Wildman–Crippen LogP) is 0.741. The maximum atomic E-state index is 4.72. The fraction of sp³-hybridized carbons (Fsp3) is 0.400. The monoisotopic (exact) mass is 112 g/mol. The molecule has 44 valence electrons. The van der Waals surface area contributed by atoms with E-state index in [1.165, 1.54) is 6.39 Å². The Labute approximate surface area is 47.9 Å². The SMILES string of the molecule is CN(C)c1cocn1. The third-order valence-corrected chi connectivity index (χ3v) is 0.877. The molecule has 0 aromatic carbocycles. The summed E-state index contributed by atoms with van der Waals surface area (Å²) >= 11 is 0. The first-order valence-electron chi connectivity index (χ1n) is 2.36. The first-order chi connectivity index (χ1) is 3.80. The topological polar surface area (TPSA) is 29.3 Å². The molecular weight excluding hydrogens is 104 g/mol. The van der Waals surface area contributed by atoms with Crippen LogP contribution in [0.2, 0.25) is 0 Å². The number of hydrogen-bond acceptors (Lipinski definition) is 3. The minimum Gasteiger partial charge on any atom is -0.449 e. The van der Waals surface area contributed by atoms with E-state index >= 15 is 0 Å². The van der Waals surface area contributed by atoms with Crippen LogP contribution in [0.4, 0.5) is 5.82 Å². The first-order valence-corrected chi connectivity index (χ1v) is 2.36. The van der Waals surface area contributed by atoms with Crippen molar-refractivity contribution in [1.29, 1.82) is 0 Å². The van der Waals surface area contributed by atoms with Gasteiger partial charge in [-0.3, -0.25) is 0 Å². The number of hydrogen-bond donors (Lipinski definition) is 0. The molecule has 0 radical (unpaired) electrons. The summed E-state index contributed by atoms with van der Waals surface area (Å²) in [5.41, 5.74) is 0. The van der Waals surface area contributed by atoms with Crippen molar-refractivity contribution in [2.75, 3.05) is 19.0 Å². The molecule has 1 aromatic heterocycles. The van der Waals surface area contributed by atoms with Crippen LogP contribution in [0.3, 0.4) is 0 Å². The van der Waals surface area contributed by atoms with E-state index in [4.69, 9.17) is 4.42 Å². The van der Waals surface area contributed by atoms with Gasteiger partial charge in [0.2, 0.25) is 0 Å². The van der Waals surface area contributed by atoms with Crippen molar-refractivity contribution >= 4 is 5.82 Å². The molecular formula is C5H8N2O. The summed E-state index contributed by atoms with van der Waals surface area (Å²) in [6.07, 6.45) is 3.01. The molecule has 0 bridgehead atoms. The van der Waals surface area contributed by atoms with Gasteiger partial charge in [-0.15, -0.1) is 0 Å². The van der Waals surface area contributed by atoms with Crippen LogP contribution >= 0.6 is 0 Å². The van der Waals surface area contributed by atoms with E-state index in [9.17, 15) is 0 Å². The van der Waals surface area contributed by atoms with Gasteiger partial charge >= 0.3 is 0 Å². The summed E-state index contributed by atoms with van der Waals surface area (Å²) in [4.78, 5) is 5.75. The van der Waals surface area contributed by atoms with Crippen LogP contribution in [0.15, 0.2) is 17.1 Å². The highest BCUT2D eigenvalue weighted by molar-refractivity contribution is 5.30. The first kappa shape index (κ1) is 5.15. The van der Waals surface area contributed by atoms with E-state index in [1.54, 1.807) is 6.26 Å². The number of nitrogens with zero attached hydrogens (tertiary/aromatic N) is 2. The Kier molecular flexibility index (Phi) is 1.20. The molecule has 1 rings (SSSR count). The smallest absolute Gasteiger partial charge is 0.182 e. The highest BCUT2D eigenvalue weighted by Crippen LogP contribution is 2.03. The zero-order valence-corrected chi connectivity index (χ0v) is 4.96. The molecule has 8 heavy (non-hydrogen) atoms. The second-order valence-corrected chi connectivity index (χ2v) is 1.74. The highest BCUT2D eigenvalue weighted by Gasteiger charge is 1.93. The summed E-state index contributed by atoms with van der Waals surface area (Å²) < 4.78 is 4.72. The molecule has 0 saturated heterocycles. The molecule has 1 heterocycles. The van der Waals surface area contributed by atoms with Crippen molar-refractivity contribution in [2.45, 2.75) is 0 Å². The molecule has 0 atom stereocenters. The average Bonchev–Trinajstić information content (AvgIpc) is 2.12. The van der Waals surface area contributed by atoms with E-state index in [0.717, 1.165) is 5.82 Å². The number of aromatic nitrogens is 1. The normalized spacial score (nSPS) is 9.25. The van der Waals surface area contributed by atoms with Gasteiger partial charge in [-0.05, 0) is 0 Å². The van der Waals surface area contributed by atoms with Gasteiger partial charge in [0.25, 0.3) is 0 Å². The minimum atomic E-state index is 0.852. The minimum absolute atomic E-state index is 0.852. The van der Waals surface area contributed by atoms with Gasteiger partial charge in [0, 0.05) is 14.1 Å². The summed E-state index contributed by atoms with van der Waals surface area (Å²) in [7, 11) is 3.83. The molecule has 0 fully saturated rings. The molecule has 0 N–H and O–H groups in total. The summed E-state index contributed by atoms with van der Waals surface area (Å²) in [6, 6.07) is 0. The van der Waals surface area contributed by atoms with Crippen molar-refractivity contribution in [1.82, 2.24) is 4.98 Å². The molecule has 0 unspecified atom stereocenters. The zero-order valence-electron chi connectivity index (χ0n) is 4.96. The number of anilines is 1. The Morgan fingerprint density at radius 3 is 2.62 bits per heavy atom. The van der Waals surface area contributed by atoms with E-state index in [1.807, 2.05) is 19.0 Å². The Balaban J connectivity index is 2.77. The van der Waals surface area contributed by atoms with Gasteiger partial charge in [0.05, 0.1) is 0 Å². The lowest BCUT2D eigenvalue weighted by molar-refractivity contribution is 0.558. The highest BCUT2D eigenvalue weighted by atomic mass is 16.3. The number of oxazole rings is 1. The van der Waals surface area contributed by atoms with Crippen LogP contribution in [0.25, 0.3) is 0 Å². The van der Waals surface area contributed by atoms with Gasteiger partial charge in [-0.1, -0.05) is 0 Å². The summed E-state index contributed by atoms with van der Waals surface area (Å²) in [5, 5.41) is 0. The van der Waals surface area contributed by atoms with Crippen LogP contribution in [-0.2, 0) is 0 Å². The Morgan fingerprint density at radius 2 is 2.38 bits per heavy atom. The Hall–Kier alpha value is -0.990. The van der Waals surface area contributed by atoms with Crippen molar-refractivity contribution in [3.05, 3.63) is 12.7 Å². The largest absolute Gasteiger partial charge is 0.449 e. The van der Waals surface area contributed by atoms with Crippen LogP contribution < -0.4 is 4.90 Å². The van der Waals surface area contributed by atoms with Crippen LogP contribution in [0, 0.1) is 0 Å². The average molecular weight is 112 g/mol. The zero-order chi connectivity index (χ0) is 5.98. The summed E-state index contributed by atoms with van der Waals surface area (Å²) in [6.45, 7) is 0. The standard InChI is InChI=1S/C5H8N2O/c1-7(2)5-3-8-4-6-5/h3-4H,1-2H3. The lowest BCUT2D eigenvalue weighted by Crippen LogP contribution is -2.08. The van der Waals surface area contributed by atoms with E-state index in [2.05, 4.69) is 4.98 Å². The Morgan fingerprint density at radius 1 is 1.62 bits per heavy atom. The van der Waals surface area contributed by atoms with Gasteiger partial charge in [0.15, 0.2) is 12.2 Å². The maximum absolute atomic E-state index is 4.72. The van der Waals surface area contributed by atoms with E-state index in [0.29, 0.717) is 0 Å². The molecule has 0 aliphatic rings. The second-order valence-electron chi connectivity index (χ2n) is 1.74. The van der Waals surface area contributed by atoms with Gasteiger partial charge in [0.1, 0.15) is 6.26 Å². The Bertz CT molecular complexity index is 145. The fourth-order valence-corrected chi connectivity index (χ4v) is 0.427. The molecule has 3 nitrogen and oxygen atoms in total. The van der Waals surface area contributed by atoms with Gasteiger partial charge < -0.3 is 9.32 Å². The summed E-state index contributed by atoms with van der Waals surface area (Å²) in [5.74, 6) is 0.852. The molecule has 0 amide bonds. The van der Waals surface area contributed by atoms with Gasteiger partial charge in [-0.2, -0.15) is 4.98 Å². The van der Waals surface area contributed by atoms with Gasteiger partial charge in [-0.25, -0.2) is 0 Å². The second kappa shape index (κ2) is 1.86.